The Balaban J connectivity index is -0.0000000817. The molecule has 0 unspecified atom stereocenters. The molecule has 0 aromatic carbocycles. The Morgan fingerprint density at radius 1 is 1.09 bits per heavy atom. The van der Waals surface area contributed by atoms with Crippen LogP contribution in [-0.2, 0) is 0 Å². The van der Waals surface area contributed by atoms with Gasteiger partial charge in [-0.15, -0.1) is 24.8 Å². The maximum Gasteiger partial charge on any atom is 0.0558 e. The molecule has 0 aliphatic heterocycles. The fourth-order valence-electron chi connectivity index (χ4n) is 0.681. The summed E-state index contributed by atoms with van der Waals surface area (Å²) in [5.41, 5.74) is 0. The van der Waals surface area contributed by atoms with Gasteiger partial charge < -0.3 is 16.2 Å². The van der Waals surface area contributed by atoms with Crippen LogP contribution in [0.5, 0.6) is 0 Å². The molecule has 11 heavy (non-hydrogen) atoms. The minimum absolute atomic E-state index is 0. The minimum Gasteiger partial charge on any atom is -0.395 e. The summed E-state index contributed by atoms with van der Waals surface area (Å²) in [6, 6.07) is 0. The predicted molar refractivity (Wildman–Crippen MR) is 54.4 cm³/mol. The van der Waals surface area contributed by atoms with Crippen LogP contribution in [0.1, 0.15) is 13.8 Å². The zero-order valence-electron chi connectivity index (χ0n) is 7.25. The van der Waals surface area contributed by atoms with Gasteiger partial charge in [0.25, 0.3) is 0 Å². The van der Waals surface area contributed by atoms with Crippen LogP contribution >= 0.6 is 24.8 Å². The molecule has 0 atom stereocenters. The van der Waals surface area contributed by atoms with Gasteiger partial charge in [-0.3, -0.25) is 0 Å². The van der Waals surface area contributed by atoms with Crippen molar-refractivity contribution in [2.75, 3.05) is 26.2 Å². The fraction of sp³-hybridized carbons (Fsp3) is 1.00. The Bertz CT molecular complexity index is 53.8. The van der Waals surface area contributed by atoms with Gasteiger partial charge in [0.15, 0.2) is 0 Å². The van der Waals surface area contributed by atoms with E-state index in [0.717, 1.165) is 19.6 Å². The monoisotopic (exact) mass is 206 g/mol. The molecule has 4 N–H and O–H groups in total. The summed E-state index contributed by atoms with van der Waals surface area (Å²) in [5.74, 6) is 0. The molecule has 0 aliphatic carbocycles. The van der Waals surface area contributed by atoms with E-state index < -0.39 is 0 Å². The number of halogens is 2. The highest BCUT2D eigenvalue weighted by atomic mass is 35.5. The maximum absolute atomic E-state index is 8.46. The molecule has 0 rings (SSSR count). The van der Waals surface area contributed by atoms with Crippen molar-refractivity contribution >= 4 is 24.8 Å². The van der Waals surface area contributed by atoms with Gasteiger partial charge in [0.2, 0.25) is 0 Å². The summed E-state index contributed by atoms with van der Waals surface area (Å²) < 4.78 is 0. The molecule has 0 aromatic rings. The van der Waals surface area contributed by atoms with Gasteiger partial charge >= 0.3 is 0 Å². The number of aliphatic hydroxyl groups is 1. The van der Waals surface area contributed by atoms with Crippen molar-refractivity contribution in [1.82, 2.24) is 11.1 Å². The second-order valence-electron chi connectivity index (χ2n) is 1.75. The normalized spacial score (nSPS) is 7.64. The lowest BCUT2D eigenvalue weighted by atomic mass is 10.5. The molecule has 0 spiro atoms. The van der Waals surface area contributed by atoms with Crippen molar-refractivity contribution in [3.8, 4) is 0 Å². The quantitative estimate of drug-likeness (QED) is 0.731. The van der Waals surface area contributed by atoms with Crippen molar-refractivity contribution in [3.63, 3.8) is 0 Å². The van der Waals surface area contributed by atoms with Crippen LogP contribution in [0, 0.1) is 0 Å². The Hall–Kier alpha value is 0.460. The molecule has 0 amide bonds. The lowest BCUT2D eigenvalue weighted by Crippen LogP contribution is -2.25. The minimum atomic E-state index is 0. The van der Waals surface area contributed by atoms with Gasteiger partial charge in [0.1, 0.15) is 0 Å². The first kappa shape index (κ1) is 22.5. The van der Waals surface area contributed by atoms with Crippen LogP contribution in [0.15, 0.2) is 0 Å². The van der Waals surface area contributed by atoms with Gasteiger partial charge in [0, 0.05) is 6.54 Å². The molecule has 0 saturated heterocycles. The molecule has 74 valence electrons. The predicted octanol–water partition coefficient (Wildman–Crippen LogP) is 1.33. The molecule has 0 fully saturated rings. The van der Waals surface area contributed by atoms with E-state index in [9.17, 15) is 0 Å². The van der Waals surface area contributed by atoms with E-state index in [2.05, 4.69) is 18.7 Å². The first-order valence-corrected chi connectivity index (χ1v) is 3.18. The van der Waals surface area contributed by atoms with E-state index in [0.29, 0.717) is 0 Å². The van der Waals surface area contributed by atoms with Crippen molar-refractivity contribution in [2.24, 2.45) is 0 Å². The van der Waals surface area contributed by atoms with Crippen LogP contribution in [0.2, 0.25) is 0 Å². The average Bonchev–Trinajstić information content (AvgIpc) is 1.83. The van der Waals surface area contributed by atoms with Gasteiger partial charge in [-0.25, -0.2) is 0 Å². The van der Waals surface area contributed by atoms with Gasteiger partial charge in [-0.1, -0.05) is 13.8 Å². The molecule has 0 aromatic heterocycles. The number of hydrogen-bond donors (Lipinski definition) is 2. The van der Waals surface area contributed by atoms with Gasteiger partial charge in [-0.05, 0) is 13.1 Å². The zero-order chi connectivity index (χ0) is 6.41. The van der Waals surface area contributed by atoms with E-state index >= 15 is 0 Å². The molecule has 0 heterocycles. The molecule has 0 aliphatic rings. The Kier molecular flexibility index (Phi) is 34.5. The van der Waals surface area contributed by atoms with Crippen molar-refractivity contribution in [2.45, 2.75) is 13.8 Å². The number of hydrogen-bond acceptors (Lipinski definition) is 3. The summed E-state index contributed by atoms with van der Waals surface area (Å²) in [4.78, 5) is 2.18. The highest BCUT2D eigenvalue weighted by Gasteiger charge is 1.93. The Morgan fingerprint density at radius 3 is 1.55 bits per heavy atom. The first-order valence-electron chi connectivity index (χ1n) is 3.18. The third-order valence-electron chi connectivity index (χ3n) is 1.31. The van der Waals surface area contributed by atoms with Crippen molar-refractivity contribution in [3.05, 3.63) is 0 Å². The summed E-state index contributed by atoms with van der Waals surface area (Å²) in [5, 5.41) is 8.46. The fourth-order valence-corrected chi connectivity index (χ4v) is 0.681. The van der Waals surface area contributed by atoms with Crippen molar-refractivity contribution < 1.29 is 5.11 Å². The second-order valence-corrected chi connectivity index (χ2v) is 1.75. The number of aliphatic hydroxyl groups excluding tert-OH is 1. The van der Waals surface area contributed by atoms with Crippen LogP contribution in [0.3, 0.4) is 0 Å². The summed E-state index contributed by atoms with van der Waals surface area (Å²) in [6.45, 7) is 7.36. The van der Waals surface area contributed by atoms with E-state index in [-0.39, 0.29) is 37.6 Å². The Morgan fingerprint density at radius 2 is 1.45 bits per heavy atom. The van der Waals surface area contributed by atoms with E-state index in [1.807, 2.05) is 0 Å². The smallest absolute Gasteiger partial charge is 0.0558 e. The SMILES string of the molecule is CCN(CC)CCO.Cl.Cl.N. The molecular weight excluding hydrogens is 187 g/mol. The van der Waals surface area contributed by atoms with E-state index in [4.69, 9.17) is 5.11 Å². The molecule has 5 heteroatoms. The lowest BCUT2D eigenvalue weighted by Gasteiger charge is -2.15. The molecule has 3 nitrogen and oxygen atoms in total. The first-order chi connectivity index (χ1) is 3.85. The van der Waals surface area contributed by atoms with Crippen LogP contribution in [0.25, 0.3) is 0 Å². The summed E-state index contributed by atoms with van der Waals surface area (Å²) in [6.07, 6.45) is 0. The highest BCUT2D eigenvalue weighted by molar-refractivity contribution is 5.85. The third kappa shape index (κ3) is 13.5. The van der Waals surface area contributed by atoms with Crippen LogP contribution < -0.4 is 6.15 Å². The maximum atomic E-state index is 8.46. The molecule has 0 saturated carbocycles. The van der Waals surface area contributed by atoms with Crippen LogP contribution in [0.4, 0.5) is 0 Å². The topological polar surface area (TPSA) is 58.5 Å². The number of nitrogens with zero attached hydrogens (tertiary/aromatic N) is 1. The number of likely N-dealkylation sites (N-methyl/N-ethyl adjacent to an activating group) is 1. The second kappa shape index (κ2) is 16.8. The van der Waals surface area contributed by atoms with E-state index in [1.165, 1.54) is 0 Å². The Labute approximate surface area is 81.6 Å². The molecular formula is C6H20Cl2N2O. The van der Waals surface area contributed by atoms with Crippen molar-refractivity contribution in [1.29, 1.82) is 0 Å². The molecule has 0 radical (unpaired) electrons. The van der Waals surface area contributed by atoms with Gasteiger partial charge in [0.05, 0.1) is 6.61 Å². The zero-order valence-corrected chi connectivity index (χ0v) is 8.88. The molecule has 0 bridgehead atoms. The average molecular weight is 207 g/mol. The summed E-state index contributed by atoms with van der Waals surface area (Å²) in [7, 11) is 0. The highest BCUT2D eigenvalue weighted by Crippen LogP contribution is 1.82. The largest absolute Gasteiger partial charge is 0.395 e. The third-order valence-corrected chi connectivity index (χ3v) is 1.31. The van der Waals surface area contributed by atoms with Crippen LogP contribution in [-0.4, -0.2) is 36.2 Å². The number of rotatable bonds is 4. The van der Waals surface area contributed by atoms with E-state index in [1.54, 1.807) is 0 Å². The lowest BCUT2D eigenvalue weighted by molar-refractivity contribution is 0.208. The van der Waals surface area contributed by atoms with Gasteiger partial charge in [-0.2, -0.15) is 0 Å². The standard InChI is InChI=1S/C6H15NO.2ClH.H3N/c1-3-7(4-2)5-6-8;;;/h8H,3-6H2,1-2H3;2*1H;1H3. The summed E-state index contributed by atoms with van der Waals surface area (Å²) >= 11 is 0.